The Bertz CT molecular complexity index is 490. The molecule has 0 saturated heterocycles. The van der Waals surface area contributed by atoms with Crippen LogP contribution in [-0.2, 0) is 0 Å². The van der Waals surface area contributed by atoms with E-state index in [1.165, 1.54) is 44.9 Å². The Labute approximate surface area is 132 Å². The molecule has 3 N–H and O–H groups in total. The summed E-state index contributed by atoms with van der Waals surface area (Å²) in [5.74, 6) is 0.408. The van der Waals surface area contributed by atoms with Crippen LogP contribution in [0.5, 0.6) is 0 Å². The third-order valence-electron chi connectivity index (χ3n) is 4.39. The number of carbonyl (C=O) groups excluding carboxylic acids is 1. The van der Waals surface area contributed by atoms with Gasteiger partial charge in [-0.2, -0.15) is 0 Å². The fraction of sp³-hybridized carbons (Fsp3) is 0.588. The molecular weight excluding hydrogens is 284 g/mol. The first-order chi connectivity index (χ1) is 10.1. The van der Waals surface area contributed by atoms with Gasteiger partial charge in [0.1, 0.15) is 0 Å². The monoisotopic (exact) mass is 308 g/mol. The summed E-state index contributed by atoms with van der Waals surface area (Å²) in [6.45, 7) is 2.27. The summed E-state index contributed by atoms with van der Waals surface area (Å²) in [7, 11) is 0. The molecule has 0 spiro atoms. The van der Waals surface area contributed by atoms with Gasteiger partial charge < -0.3 is 11.1 Å². The molecule has 1 aromatic rings. The first kappa shape index (κ1) is 16.2. The van der Waals surface area contributed by atoms with E-state index in [-0.39, 0.29) is 0 Å². The van der Waals surface area contributed by atoms with Gasteiger partial charge in [0.2, 0.25) is 5.91 Å². The molecular formula is C17H25ClN2O. The molecule has 116 valence electrons. The van der Waals surface area contributed by atoms with Crippen LogP contribution in [0, 0.1) is 5.92 Å². The lowest BCUT2D eigenvalue weighted by Gasteiger charge is -2.18. The number of rotatable bonds is 5. The third kappa shape index (κ3) is 4.63. The molecule has 0 heterocycles. The van der Waals surface area contributed by atoms with E-state index in [0.717, 1.165) is 11.6 Å². The minimum absolute atomic E-state index is 0.381. The fourth-order valence-electron chi connectivity index (χ4n) is 3.26. The van der Waals surface area contributed by atoms with Crippen LogP contribution in [-0.4, -0.2) is 11.9 Å². The molecule has 0 bridgehead atoms. The van der Waals surface area contributed by atoms with Gasteiger partial charge in [0.25, 0.3) is 0 Å². The van der Waals surface area contributed by atoms with Crippen molar-refractivity contribution in [2.24, 2.45) is 11.7 Å². The molecule has 0 radical (unpaired) electrons. The van der Waals surface area contributed by atoms with Gasteiger partial charge in [-0.1, -0.05) is 44.2 Å². The Morgan fingerprint density at radius 1 is 1.33 bits per heavy atom. The van der Waals surface area contributed by atoms with Crippen LogP contribution in [0.25, 0.3) is 0 Å². The van der Waals surface area contributed by atoms with Gasteiger partial charge in [0.05, 0.1) is 10.6 Å². The zero-order valence-corrected chi connectivity index (χ0v) is 13.5. The second-order valence-electron chi connectivity index (χ2n) is 6.06. The van der Waals surface area contributed by atoms with Crippen LogP contribution in [0.1, 0.15) is 62.2 Å². The minimum Gasteiger partial charge on any atom is -0.382 e. The van der Waals surface area contributed by atoms with Crippen molar-refractivity contribution in [1.82, 2.24) is 0 Å². The predicted molar refractivity (Wildman–Crippen MR) is 88.9 cm³/mol. The summed E-state index contributed by atoms with van der Waals surface area (Å²) in [5, 5.41) is 3.98. The minimum atomic E-state index is -0.483. The number of hydrogen-bond donors (Lipinski definition) is 2. The maximum absolute atomic E-state index is 11.2. The summed E-state index contributed by atoms with van der Waals surface area (Å²) in [6, 6.07) is 5.89. The van der Waals surface area contributed by atoms with E-state index < -0.39 is 5.91 Å². The number of primary amides is 1. The molecule has 1 fully saturated rings. The van der Waals surface area contributed by atoms with Gasteiger partial charge in [-0.15, -0.1) is 0 Å². The van der Waals surface area contributed by atoms with Crippen molar-refractivity contribution in [3.63, 3.8) is 0 Å². The zero-order valence-electron chi connectivity index (χ0n) is 12.7. The lowest BCUT2D eigenvalue weighted by molar-refractivity contribution is 0.100. The quantitative estimate of drug-likeness (QED) is 0.781. The summed E-state index contributed by atoms with van der Waals surface area (Å²) < 4.78 is 0. The van der Waals surface area contributed by atoms with Crippen molar-refractivity contribution in [3.8, 4) is 0 Å². The Kier molecular flexibility index (Phi) is 5.92. The number of hydrogen-bond acceptors (Lipinski definition) is 2. The molecule has 0 aromatic heterocycles. The normalized spacial score (nSPS) is 22.6. The van der Waals surface area contributed by atoms with Crippen molar-refractivity contribution >= 4 is 23.2 Å². The number of halogens is 1. The van der Waals surface area contributed by atoms with Crippen LogP contribution in [0.4, 0.5) is 5.69 Å². The average molecular weight is 309 g/mol. The average Bonchev–Trinajstić information content (AvgIpc) is 2.65. The molecule has 1 amide bonds. The molecule has 0 aliphatic heterocycles. The predicted octanol–water partition coefficient (Wildman–Crippen LogP) is 4.60. The number of anilines is 1. The summed E-state index contributed by atoms with van der Waals surface area (Å²) in [4.78, 5) is 11.2. The van der Waals surface area contributed by atoms with Crippen LogP contribution in [0.3, 0.4) is 0 Å². The molecule has 1 aliphatic carbocycles. The van der Waals surface area contributed by atoms with Crippen molar-refractivity contribution in [1.29, 1.82) is 0 Å². The van der Waals surface area contributed by atoms with Crippen LogP contribution in [0.2, 0.25) is 5.02 Å². The SMILES string of the molecule is CCCC1CCCC(Nc2ccc(C(N)=O)c(Cl)c2)CC1. The van der Waals surface area contributed by atoms with Crippen molar-refractivity contribution < 1.29 is 4.79 Å². The molecule has 4 heteroatoms. The second kappa shape index (κ2) is 7.69. The third-order valence-corrected chi connectivity index (χ3v) is 4.70. The number of nitrogens with one attached hydrogen (secondary N) is 1. The standard InChI is InChI=1S/C17H25ClN2O/c1-2-4-12-5-3-6-13(8-7-12)20-14-9-10-15(17(19)21)16(18)11-14/h9-13,20H,2-8H2,1H3,(H2,19,21). The summed E-state index contributed by atoms with van der Waals surface area (Å²) in [6.07, 6.45) is 9.00. The van der Waals surface area contributed by atoms with Gasteiger partial charge in [-0.3, -0.25) is 4.79 Å². The first-order valence-corrected chi connectivity index (χ1v) is 8.33. The van der Waals surface area contributed by atoms with Crippen LogP contribution < -0.4 is 11.1 Å². The Morgan fingerprint density at radius 3 is 2.81 bits per heavy atom. The van der Waals surface area contributed by atoms with Crippen LogP contribution in [0.15, 0.2) is 18.2 Å². The fourth-order valence-corrected chi connectivity index (χ4v) is 3.53. The summed E-state index contributed by atoms with van der Waals surface area (Å²) >= 11 is 6.10. The highest BCUT2D eigenvalue weighted by atomic mass is 35.5. The largest absolute Gasteiger partial charge is 0.382 e. The first-order valence-electron chi connectivity index (χ1n) is 7.96. The van der Waals surface area contributed by atoms with E-state index in [9.17, 15) is 4.79 Å². The van der Waals surface area contributed by atoms with Crippen molar-refractivity contribution in [2.45, 2.75) is 57.9 Å². The molecule has 2 rings (SSSR count). The lowest BCUT2D eigenvalue weighted by atomic mass is 9.95. The molecule has 3 nitrogen and oxygen atoms in total. The highest BCUT2D eigenvalue weighted by Crippen LogP contribution is 2.29. The van der Waals surface area contributed by atoms with Gasteiger partial charge in [-0.05, 0) is 43.4 Å². The van der Waals surface area contributed by atoms with Gasteiger partial charge in [-0.25, -0.2) is 0 Å². The molecule has 21 heavy (non-hydrogen) atoms. The van der Waals surface area contributed by atoms with E-state index in [2.05, 4.69) is 12.2 Å². The van der Waals surface area contributed by atoms with Crippen molar-refractivity contribution in [3.05, 3.63) is 28.8 Å². The topological polar surface area (TPSA) is 55.1 Å². The maximum atomic E-state index is 11.2. The van der Waals surface area contributed by atoms with E-state index >= 15 is 0 Å². The van der Waals surface area contributed by atoms with E-state index in [1.807, 2.05) is 6.07 Å². The molecule has 1 aromatic carbocycles. The molecule has 2 unspecified atom stereocenters. The van der Waals surface area contributed by atoms with Gasteiger partial charge in [0.15, 0.2) is 0 Å². The number of amides is 1. The van der Waals surface area contributed by atoms with Gasteiger partial charge >= 0.3 is 0 Å². The molecule has 1 aliphatic rings. The number of carbonyl (C=O) groups is 1. The molecule has 2 atom stereocenters. The van der Waals surface area contributed by atoms with E-state index in [4.69, 9.17) is 17.3 Å². The highest BCUT2D eigenvalue weighted by molar-refractivity contribution is 6.34. The zero-order chi connectivity index (χ0) is 15.2. The van der Waals surface area contributed by atoms with E-state index in [0.29, 0.717) is 16.6 Å². The highest BCUT2D eigenvalue weighted by Gasteiger charge is 2.18. The molecule has 1 saturated carbocycles. The second-order valence-corrected chi connectivity index (χ2v) is 6.47. The maximum Gasteiger partial charge on any atom is 0.250 e. The van der Waals surface area contributed by atoms with E-state index in [1.54, 1.807) is 12.1 Å². The lowest BCUT2D eigenvalue weighted by Crippen LogP contribution is -2.19. The number of benzene rings is 1. The number of nitrogens with two attached hydrogens (primary N) is 1. The summed E-state index contributed by atoms with van der Waals surface area (Å²) in [5.41, 5.74) is 6.63. The Balaban J connectivity index is 1.95. The Hall–Kier alpha value is -1.22. The van der Waals surface area contributed by atoms with Crippen LogP contribution >= 0.6 is 11.6 Å². The smallest absolute Gasteiger partial charge is 0.250 e. The van der Waals surface area contributed by atoms with Crippen molar-refractivity contribution in [2.75, 3.05) is 5.32 Å². The van der Waals surface area contributed by atoms with Gasteiger partial charge in [0, 0.05) is 11.7 Å². The Morgan fingerprint density at radius 2 is 2.14 bits per heavy atom.